The summed E-state index contributed by atoms with van der Waals surface area (Å²) in [4.78, 5) is 4.06. The fourth-order valence-corrected chi connectivity index (χ4v) is 1.90. The van der Waals surface area contributed by atoms with Crippen LogP contribution >= 0.6 is 11.8 Å². The average molecular weight is 197 g/mol. The minimum absolute atomic E-state index is 0.295. The Morgan fingerprint density at radius 3 is 3.00 bits per heavy atom. The van der Waals surface area contributed by atoms with Crippen LogP contribution in [0, 0.1) is 0 Å². The second-order valence-corrected chi connectivity index (χ2v) is 3.69. The Hall–Kier alpha value is -0.740. The molecule has 0 radical (unpaired) electrons. The fraction of sp³-hybridized carbons (Fsp3) is 0.444. The first-order chi connectivity index (χ1) is 6.29. The molecule has 0 aliphatic heterocycles. The lowest BCUT2D eigenvalue weighted by molar-refractivity contribution is 0.662. The summed E-state index contributed by atoms with van der Waals surface area (Å²) in [5.74, 6) is 1.63. The van der Waals surface area contributed by atoms with Gasteiger partial charge in [-0.3, -0.25) is 0 Å². The molecule has 1 atom stereocenters. The van der Waals surface area contributed by atoms with Gasteiger partial charge in [0.05, 0.1) is 0 Å². The number of nitrogens with two attached hydrogens (primary N) is 1. The third kappa shape index (κ3) is 2.60. The van der Waals surface area contributed by atoms with E-state index in [1.54, 1.807) is 18.0 Å². The summed E-state index contributed by atoms with van der Waals surface area (Å²) in [6.07, 6.45) is 3.79. The molecule has 72 valence electrons. The van der Waals surface area contributed by atoms with E-state index in [4.69, 9.17) is 5.73 Å². The van der Waals surface area contributed by atoms with Crippen molar-refractivity contribution < 1.29 is 0 Å². The molecule has 0 fully saturated rings. The highest BCUT2D eigenvalue weighted by Crippen LogP contribution is 2.20. The summed E-state index contributed by atoms with van der Waals surface area (Å²) in [7, 11) is 1.94. The second kappa shape index (κ2) is 5.09. The minimum Gasteiger partial charge on any atom is -0.383 e. The molecule has 1 aromatic rings. The predicted octanol–water partition coefficient (Wildman–Crippen LogP) is 1.29. The Morgan fingerprint density at radius 1 is 1.69 bits per heavy atom. The lowest BCUT2D eigenvalue weighted by Crippen LogP contribution is -2.20. The standard InChI is InChI=1S/C9H15N3S/c1-11-8(6-13-2)7-4-3-5-12-9(7)10/h3-5,8,11H,6H2,1-2H3,(H2,10,12). The van der Waals surface area contributed by atoms with Crippen molar-refractivity contribution in [2.24, 2.45) is 0 Å². The predicted molar refractivity (Wildman–Crippen MR) is 58.8 cm³/mol. The first-order valence-corrected chi connectivity index (χ1v) is 5.55. The molecule has 0 amide bonds. The van der Waals surface area contributed by atoms with Gasteiger partial charge in [0.15, 0.2) is 0 Å². The number of rotatable bonds is 4. The van der Waals surface area contributed by atoms with E-state index in [-0.39, 0.29) is 0 Å². The van der Waals surface area contributed by atoms with Crippen LogP contribution in [0.25, 0.3) is 0 Å². The van der Waals surface area contributed by atoms with Crippen LogP contribution in [0.1, 0.15) is 11.6 Å². The number of hydrogen-bond donors (Lipinski definition) is 2. The Balaban J connectivity index is 2.84. The van der Waals surface area contributed by atoms with Gasteiger partial charge < -0.3 is 11.1 Å². The van der Waals surface area contributed by atoms with E-state index in [2.05, 4.69) is 16.6 Å². The van der Waals surface area contributed by atoms with E-state index in [9.17, 15) is 0 Å². The van der Waals surface area contributed by atoms with Crippen molar-refractivity contribution in [3.05, 3.63) is 23.9 Å². The number of nitrogens with one attached hydrogen (secondary N) is 1. The molecule has 3 nitrogen and oxygen atoms in total. The second-order valence-electron chi connectivity index (χ2n) is 2.77. The fourth-order valence-electron chi connectivity index (χ4n) is 1.22. The third-order valence-electron chi connectivity index (χ3n) is 1.93. The van der Waals surface area contributed by atoms with Crippen LogP contribution in [0.4, 0.5) is 5.82 Å². The van der Waals surface area contributed by atoms with E-state index in [0.29, 0.717) is 11.9 Å². The number of nitrogen functional groups attached to an aromatic ring is 1. The molecule has 3 N–H and O–H groups in total. The van der Waals surface area contributed by atoms with Gasteiger partial charge in [0, 0.05) is 23.6 Å². The maximum atomic E-state index is 5.77. The van der Waals surface area contributed by atoms with Crippen LogP contribution in [-0.2, 0) is 0 Å². The molecular weight excluding hydrogens is 182 g/mol. The molecule has 0 saturated carbocycles. The van der Waals surface area contributed by atoms with Crippen LogP contribution < -0.4 is 11.1 Å². The first-order valence-electron chi connectivity index (χ1n) is 4.16. The highest BCUT2D eigenvalue weighted by Gasteiger charge is 2.11. The maximum Gasteiger partial charge on any atom is 0.128 e. The Kier molecular flexibility index (Phi) is 4.05. The average Bonchev–Trinajstić information content (AvgIpc) is 2.16. The molecule has 0 aromatic carbocycles. The third-order valence-corrected chi connectivity index (χ3v) is 2.60. The quantitative estimate of drug-likeness (QED) is 0.763. The molecule has 4 heteroatoms. The zero-order valence-electron chi connectivity index (χ0n) is 7.95. The summed E-state index contributed by atoms with van der Waals surface area (Å²) < 4.78 is 0. The van der Waals surface area contributed by atoms with Crippen LogP contribution in [0.5, 0.6) is 0 Å². The zero-order chi connectivity index (χ0) is 9.68. The van der Waals surface area contributed by atoms with Crippen molar-refractivity contribution in [1.29, 1.82) is 0 Å². The van der Waals surface area contributed by atoms with Crippen molar-refractivity contribution >= 4 is 17.6 Å². The van der Waals surface area contributed by atoms with Gasteiger partial charge in [0.25, 0.3) is 0 Å². The molecule has 1 rings (SSSR count). The smallest absolute Gasteiger partial charge is 0.128 e. The van der Waals surface area contributed by atoms with Gasteiger partial charge in [-0.15, -0.1) is 0 Å². The molecule has 0 aliphatic carbocycles. The highest BCUT2D eigenvalue weighted by molar-refractivity contribution is 7.98. The van der Waals surface area contributed by atoms with Crippen LogP contribution in [0.2, 0.25) is 0 Å². The van der Waals surface area contributed by atoms with Crippen molar-refractivity contribution in [3.8, 4) is 0 Å². The van der Waals surface area contributed by atoms with Crippen molar-refractivity contribution in [1.82, 2.24) is 10.3 Å². The maximum absolute atomic E-state index is 5.77. The van der Waals surface area contributed by atoms with E-state index in [1.165, 1.54) is 0 Å². The molecule has 0 spiro atoms. The Morgan fingerprint density at radius 2 is 2.46 bits per heavy atom. The number of anilines is 1. The lowest BCUT2D eigenvalue weighted by Gasteiger charge is -2.16. The normalized spacial score (nSPS) is 12.8. The lowest BCUT2D eigenvalue weighted by atomic mass is 10.1. The van der Waals surface area contributed by atoms with E-state index in [0.717, 1.165) is 11.3 Å². The van der Waals surface area contributed by atoms with Gasteiger partial charge in [-0.25, -0.2) is 4.98 Å². The van der Waals surface area contributed by atoms with Gasteiger partial charge in [-0.1, -0.05) is 6.07 Å². The van der Waals surface area contributed by atoms with Crippen molar-refractivity contribution in [2.75, 3.05) is 24.8 Å². The molecular formula is C9H15N3S. The van der Waals surface area contributed by atoms with Gasteiger partial charge in [-0.05, 0) is 19.4 Å². The monoisotopic (exact) mass is 197 g/mol. The molecule has 0 bridgehead atoms. The number of aromatic nitrogens is 1. The van der Waals surface area contributed by atoms with Crippen LogP contribution in [-0.4, -0.2) is 24.0 Å². The first kappa shape index (κ1) is 10.3. The summed E-state index contributed by atoms with van der Waals surface area (Å²) in [6, 6.07) is 4.22. The Labute approximate surface area is 83.1 Å². The summed E-state index contributed by atoms with van der Waals surface area (Å²) in [6.45, 7) is 0. The van der Waals surface area contributed by atoms with Crippen LogP contribution in [0.15, 0.2) is 18.3 Å². The van der Waals surface area contributed by atoms with Crippen molar-refractivity contribution in [2.45, 2.75) is 6.04 Å². The molecule has 0 aliphatic rings. The van der Waals surface area contributed by atoms with E-state index in [1.807, 2.05) is 19.2 Å². The SMILES string of the molecule is CNC(CSC)c1cccnc1N. The molecule has 1 aromatic heterocycles. The molecule has 0 saturated heterocycles. The summed E-state index contributed by atoms with van der Waals surface area (Å²) in [5, 5.41) is 3.22. The Bertz CT molecular complexity index is 265. The van der Waals surface area contributed by atoms with Gasteiger partial charge >= 0.3 is 0 Å². The zero-order valence-corrected chi connectivity index (χ0v) is 8.77. The topological polar surface area (TPSA) is 50.9 Å². The number of nitrogens with zero attached hydrogens (tertiary/aromatic N) is 1. The molecule has 1 heterocycles. The van der Waals surface area contributed by atoms with E-state index < -0.39 is 0 Å². The molecule has 13 heavy (non-hydrogen) atoms. The van der Waals surface area contributed by atoms with Crippen molar-refractivity contribution in [3.63, 3.8) is 0 Å². The van der Waals surface area contributed by atoms with Crippen LogP contribution in [0.3, 0.4) is 0 Å². The summed E-state index contributed by atoms with van der Waals surface area (Å²) in [5.41, 5.74) is 6.85. The number of hydrogen-bond acceptors (Lipinski definition) is 4. The largest absolute Gasteiger partial charge is 0.383 e. The van der Waals surface area contributed by atoms with Gasteiger partial charge in [0.1, 0.15) is 5.82 Å². The van der Waals surface area contributed by atoms with Gasteiger partial charge in [-0.2, -0.15) is 11.8 Å². The van der Waals surface area contributed by atoms with Gasteiger partial charge in [0.2, 0.25) is 0 Å². The van der Waals surface area contributed by atoms with E-state index >= 15 is 0 Å². The summed E-state index contributed by atoms with van der Waals surface area (Å²) >= 11 is 1.79. The molecule has 1 unspecified atom stereocenters. The minimum atomic E-state index is 0.295. The highest BCUT2D eigenvalue weighted by atomic mass is 32.2. The number of pyridine rings is 1. The number of thioether (sulfide) groups is 1.